The highest BCUT2D eigenvalue weighted by Crippen LogP contribution is 2.23. The van der Waals surface area contributed by atoms with Crippen LogP contribution in [0.15, 0.2) is 35.6 Å². The van der Waals surface area contributed by atoms with E-state index in [4.69, 9.17) is 0 Å². The van der Waals surface area contributed by atoms with Crippen molar-refractivity contribution in [1.82, 2.24) is 15.3 Å². The number of rotatable bonds is 7. The van der Waals surface area contributed by atoms with Crippen molar-refractivity contribution in [2.45, 2.75) is 24.8 Å². The summed E-state index contributed by atoms with van der Waals surface area (Å²) in [6.07, 6.45) is 4.15. The molecule has 1 aromatic heterocycles. The first-order chi connectivity index (χ1) is 8.92. The Kier molecular flexibility index (Phi) is 5.42. The molecule has 18 heavy (non-hydrogen) atoms. The number of benzene rings is 1. The molecule has 0 fully saturated rings. The minimum Gasteiger partial charge on any atom is -0.316 e. The lowest BCUT2D eigenvalue weighted by molar-refractivity contribution is 0.666. The maximum absolute atomic E-state index is 4.36. The van der Waals surface area contributed by atoms with E-state index in [0.29, 0.717) is 0 Å². The van der Waals surface area contributed by atoms with Crippen LogP contribution in [0.3, 0.4) is 0 Å². The number of nitrogens with one attached hydrogen (secondary N) is 1. The average molecular weight is 261 g/mol. The van der Waals surface area contributed by atoms with Crippen molar-refractivity contribution in [3.05, 3.63) is 30.6 Å². The maximum Gasteiger partial charge on any atom is 0.117 e. The van der Waals surface area contributed by atoms with Crippen LogP contribution in [-0.2, 0) is 0 Å². The molecule has 3 nitrogen and oxygen atoms in total. The second-order valence-electron chi connectivity index (χ2n) is 4.15. The Bertz CT molecular complexity index is 482. The molecule has 4 heteroatoms. The van der Waals surface area contributed by atoms with Crippen LogP contribution in [-0.4, -0.2) is 28.8 Å². The van der Waals surface area contributed by atoms with Crippen molar-refractivity contribution in [1.29, 1.82) is 0 Å². The Labute approximate surface area is 112 Å². The third-order valence-corrected chi connectivity index (χ3v) is 3.74. The first-order valence-electron chi connectivity index (χ1n) is 6.45. The lowest BCUT2D eigenvalue weighted by Crippen LogP contribution is -2.18. The zero-order chi connectivity index (χ0) is 12.6. The molecule has 96 valence electrons. The topological polar surface area (TPSA) is 37.8 Å². The number of thioether (sulfide) groups is 1. The van der Waals surface area contributed by atoms with Gasteiger partial charge in [0.25, 0.3) is 0 Å². The fraction of sp³-hybridized carbons (Fsp3) is 0.429. The number of hydrogen-bond donors (Lipinski definition) is 1. The van der Waals surface area contributed by atoms with Gasteiger partial charge in [-0.1, -0.05) is 31.5 Å². The van der Waals surface area contributed by atoms with E-state index in [2.05, 4.69) is 28.3 Å². The number of para-hydroxylation sites is 1. The summed E-state index contributed by atoms with van der Waals surface area (Å²) in [6.45, 7) is 4.36. The van der Waals surface area contributed by atoms with E-state index in [1.165, 1.54) is 12.8 Å². The zero-order valence-corrected chi connectivity index (χ0v) is 11.5. The van der Waals surface area contributed by atoms with E-state index in [0.717, 1.165) is 34.8 Å². The number of hydrogen-bond acceptors (Lipinski definition) is 4. The van der Waals surface area contributed by atoms with Gasteiger partial charge < -0.3 is 5.32 Å². The van der Waals surface area contributed by atoms with Gasteiger partial charge in [0.1, 0.15) is 11.4 Å². The zero-order valence-electron chi connectivity index (χ0n) is 10.7. The van der Waals surface area contributed by atoms with Crippen LogP contribution in [0.5, 0.6) is 0 Å². The molecule has 0 aliphatic heterocycles. The minimum atomic E-state index is 1.02. The molecule has 0 radical (unpaired) electrons. The molecule has 0 saturated heterocycles. The highest BCUT2D eigenvalue weighted by atomic mass is 32.2. The summed E-state index contributed by atoms with van der Waals surface area (Å²) in [5, 5.41) is 5.67. The quantitative estimate of drug-likeness (QED) is 0.472. The first-order valence-corrected chi connectivity index (χ1v) is 7.43. The molecule has 1 heterocycles. The Morgan fingerprint density at radius 2 is 2.06 bits per heavy atom. The molecular formula is C14H19N3S. The summed E-state index contributed by atoms with van der Waals surface area (Å²) < 4.78 is 0. The molecule has 0 spiro atoms. The first kappa shape index (κ1) is 13.3. The van der Waals surface area contributed by atoms with E-state index in [1.807, 2.05) is 18.2 Å². The van der Waals surface area contributed by atoms with Crippen LogP contribution in [0, 0.1) is 0 Å². The van der Waals surface area contributed by atoms with Crippen molar-refractivity contribution in [3.63, 3.8) is 0 Å². The molecule has 0 atom stereocenters. The third kappa shape index (κ3) is 3.68. The monoisotopic (exact) mass is 261 g/mol. The molecule has 0 unspecified atom stereocenters. The van der Waals surface area contributed by atoms with Crippen LogP contribution in [0.4, 0.5) is 0 Å². The minimum absolute atomic E-state index is 1.02. The van der Waals surface area contributed by atoms with E-state index in [1.54, 1.807) is 18.1 Å². The molecule has 0 bridgehead atoms. The normalized spacial score (nSPS) is 10.9. The molecule has 1 N–H and O–H groups in total. The molecule has 0 aliphatic rings. The smallest absolute Gasteiger partial charge is 0.117 e. The Hall–Kier alpha value is -1.13. The number of nitrogens with zero attached hydrogens (tertiary/aromatic N) is 2. The van der Waals surface area contributed by atoms with Crippen LogP contribution < -0.4 is 5.32 Å². The largest absolute Gasteiger partial charge is 0.316 e. The fourth-order valence-electron chi connectivity index (χ4n) is 1.74. The van der Waals surface area contributed by atoms with Crippen molar-refractivity contribution >= 4 is 22.7 Å². The summed E-state index contributed by atoms with van der Waals surface area (Å²) in [6, 6.07) is 8.16. The van der Waals surface area contributed by atoms with E-state index in [9.17, 15) is 0 Å². The second-order valence-corrected chi connectivity index (χ2v) is 5.23. The van der Waals surface area contributed by atoms with Gasteiger partial charge in [-0.3, -0.25) is 0 Å². The molecule has 0 saturated carbocycles. The van der Waals surface area contributed by atoms with Crippen molar-refractivity contribution in [2.24, 2.45) is 0 Å². The van der Waals surface area contributed by atoms with E-state index in [-0.39, 0.29) is 0 Å². The summed E-state index contributed by atoms with van der Waals surface area (Å²) in [4.78, 5) is 8.64. The summed E-state index contributed by atoms with van der Waals surface area (Å²) in [5.74, 6) is 1.05. The molecular weight excluding hydrogens is 242 g/mol. The van der Waals surface area contributed by atoms with E-state index >= 15 is 0 Å². The standard InChI is InChI=1S/C14H19N3S/c1-2-3-8-15-9-10-18-14-12-6-4-5-7-13(12)16-11-17-14/h4-7,11,15H,2-3,8-10H2,1H3. The number of aromatic nitrogens is 2. The van der Waals surface area contributed by atoms with Gasteiger partial charge in [0, 0.05) is 17.7 Å². The Balaban J connectivity index is 1.88. The molecule has 0 amide bonds. The fourth-order valence-corrected chi connectivity index (χ4v) is 2.63. The van der Waals surface area contributed by atoms with Gasteiger partial charge >= 0.3 is 0 Å². The molecule has 0 aliphatic carbocycles. The number of unbranched alkanes of at least 4 members (excludes halogenated alkanes) is 1. The lowest BCUT2D eigenvalue weighted by atomic mass is 10.2. The van der Waals surface area contributed by atoms with E-state index < -0.39 is 0 Å². The van der Waals surface area contributed by atoms with Crippen LogP contribution in [0.2, 0.25) is 0 Å². The Morgan fingerprint density at radius 1 is 1.17 bits per heavy atom. The van der Waals surface area contributed by atoms with Crippen molar-refractivity contribution < 1.29 is 0 Å². The predicted octanol–water partition coefficient (Wildman–Crippen LogP) is 3.11. The second kappa shape index (κ2) is 7.34. The highest BCUT2D eigenvalue weighted by molar-refractivity contribution is 7.99. The van der Waals surface area contributed by atoms with Crippen molar-refractivity contribution in [2.75, 3.05) is 18.8 Å². The SMILES string of the molecule is CCCCNCCSc1ncnc2ccccc12. The van der Waals surface area contributed by atoms with Gasteiger partial charge in [-0.15, -0.1) is 11.8 Å². The summed E-state index contributed by atoms with van der Waals surface area (Å²) in [5.41, 5.74) is 1.02. The molecule has 2 aromatic rings. The molecule has 1 aromatic carbocycles. The predicted molar refractivity (Wildman–Crippen MR) is 78.0 cm³/mol. The van der Waals surface area contributed by atoms with Gasteiger partial charge in [-0.25, -0.2) is 9.97 Å². The van der Waals surface area contributed by atoms with Gasteiger partial charge in [-0.05, 0) is 19.0 Å². The Morgan fingerprint density at radius 3 is 2.94 bits per heavy atom. The summed E-state index contributed by atoms with van der Waals surface area (Å²) in [7, 11) is 0. The third-order valence-electron chi connectivity index (χ3n) is 2.73. The molecule has 2 rings (SSSR count). The van der Waals surface area contributed by atoms with Crippen LogP contribution >= 0.6 is 11.8 Å². The van der Waals surface area contributed by atoms with Gasteiger partial charge in [-0.2, -0.15) is 0 Å². The van der Waals surface area contributed by atoms with Gasteiger partial charge in [0.15, 0.2) is 0 Å². The van der Waals surface area contributed by atoms with Gasteiger partial charge in [0.05, 0.1) is 5.52 Å². The van der Waals surface area contributed by atoms with Gasteiger partial charge in [0.2, 0.25) is 0 Å². The van der Waals surface area contributed by atoms with Crippen molar-refractivity contribution in [3.8, 4) is 0 Å². The lowest BCUT2D eigenvalue weighted by Gasteiger charge is -2.05. The average Bonchev–Trinajstić information content (AvgIpc) is 2.43. The van der Waals surface area contributed by atoms with Crippen LogP contribution in [0.1, 0.15) is 19.8 Å². The maximum atomic E-state index is 4.36. The highest BCUT2D eigenvalue weighted by Gasteiger charge is 2.02. The summed E-state index contributed by atoms with van der Waals surface area (Å²) >= 11 is 1.79. The number of fused-ring (bicyclic) bond motifs is 1. The van der Waals surface area contributed by atoms with Crippen LogP contribution in [0.25, 0.3) is 10.9 Å².